The van der Waals surface area contributed by atoms with Gasteiger partial charge in [-0.05, 0) is 19.8 Å². The highest BCUT2D eigenvalue weighted by Crippen LogP contribution is 2.11. The fourth-order valence-corrected chi connectivity index (χ4v) is 2.54. The SMILES string of the molecule is CCn1cc(OCC(=O)N2CCCC2)c(=O)cc1CCl. The first kappa shape index (κ1) is 14.9. The monoisotopic (exact) mass is 298 g/mol. The van der Waals surface area contributed by atoms with Crippen LogP contribution in [0.1, 0.15) is 25.5 Å². The second kappa shape index (κ2) is 6.79. The van der Waals surface area contributed by atoms with E-state index < -0.39 is 0 Å². The number of aromatic nitrogens is 1. The summed E-state index contributed by atoms with van der Waals surface area (Å²) < 4.78 is 7.24. The fraction of sp³-hybridized carbons (Fsp3) is 0.571. The number of hydrogen-bond acceptors (Lipinski definition) is 3. The Labute approximate surface area is 123 Å². The summed E-state index contributed by atoms with van der Waals surface area (Å²) in [5, 5.41) is 0. The highest BCUT2D eigenvalue weighted by atomic mass is 35.5. The van der Waals surface area contributed by atoms with Gasteiger partial charge in [-0.1, -0.05) is 0 Å². The van der Waals surface area contributed by atoms with Crippen LogP contribution in [0, 0.1) is 0 Å². The van der Waals surface area contributed by atoms with Gasteiger partial charge in [-0.3, -0.25) is 9.59 Å². The first-order valence-corrected chi connectivity index (χ1v) is 7.39. The largest absolute Gasteiger partial charge is 0.478 e. The average molecular weight is 299 g/mol. The van der Waals surface area contributed by atoms with Crippen molar-refractivity contribution in [2.45, 2.75) is 32.2 Å². The Morgan fingerprint density at radius 3 is 2.70 bits per heavy atom. The summed E-state index contributed by atoms with van der Waals surface area (Å²) in [4.78, 5) is 25.5. The van der Waals surface area contributed by atoms with Gasteiger partial charge in [0.15, 0.2) is 12.4 Å². The van der Waals surface area contributed by atoms with Crippen LogP contribution in [0.15, 0.2) is 17.1 Å². The summed E-state index contributed by atoms with van der Waals surface area (Å²) in [6.07, 6.45) is 3.70. The topological polar surface area (TPSA) is 51.5 Å². The molecular formula is C14H19ClN2O3. The van der Waals surface area contributed by atoms with Crippen molar-refractivity contribution >= 4 is 17.5 Å². The van der Waals surface area contributed by atoms with Gasteiger partial charge in [0.2, 0.25) is 5.43 Å². The van der Waals surface area contributed by atoms with Gasteiger partial charge in [-0.2, -0.15) is 0 Å². The van der Waals surface area contributed by atoms with Crippen molar-refractivity contribution in [2.24, 2.45) is 0 Å². The van der Waals surface area contributed by atoms with Crippen LogP contribution in [0.4, 0.5) is 0 Å². The van der Waals surface area contributed by atoms with Gasteiger partial charge in [0, 0.05) is 31.4 Å². The van der Waals surface area contributed by atoms with Crippen LogP contribution in [0.3, 0.4) is 0 Å². The molecule has 1 aliphatic rings. The predicted octanol–water partition coefficient (Wildman–Crippen LogP) is 1.61. The third kappa shape index (κ3) is 3.33. The van der Waals surface area contributed by atoms with Crippen LogP contribution in [0.2, 0.25) is 0 Å². The van der Waals surface area contributed by atoms with Crippen molar-refractivity contribution in [3.05, 3.63) is 28.2 Å². The molecule has 1 aliphatic heterocycles. The van der Waals surface area contributed by atoms with Gasteiger partial charge in [0.1, 0.15) is 0 Å². The second-order valence-corrected chi connectivity index (χ2v) is 5.06. The maximum Gasteiger partial charge on any atom is 0.260 e. The number of carbonyl (C=O) groups excluding carboxylic acids is 1. The highest BCUT2D eigenvalue weighted by molar-refractivity contribution is 6.16. The van der Waals surface area contributed by atoms with Crippen molar-refractivity contribution in [1.29, 1.82) is 0 Å². The summed E-state index contributed by atoms with van der Waals surface area (Å²) in [7, 11) is 0. The van der Waals surface area contributed by atoms with E-state index in [0.717, 1.165) is 31.6 Å². The molecule has 1 saturated heterocycles. The van der Waals surface area contributed by atoms with Gasteiger partial charge in [0.05, 0.1) is 12.1 Å². The molecule has 2 heterocycles. The molecule has 5 nitrogen and oxygen atoms in total. The number of likely N-dealkylation sites (tertiary alicyclic amines) is 1. The van der Waals surface area contributed by atoms with Crippen LogP contribution >= 0.6 is 11.6 Å². The molecule has 0 spiro atoms. The minimum atomic E-state index is -0.237. The highest BCUT2D eigenvalue weighted by Gasteiger charge is 2.18. The lowest BCUT2D eigenvalue weighted by molar-refractivity contribution is -0.132. The number of nitrogens with zero attached hydrogens (tertiary/aromatic N) is 2. The predicted molar refractivity (Wildman–Crippen MR) is 77.2 cm³/mol. The zero-order valence-corrected chi connectivity index (χ0v) is 12.4. The van der Waals surface area contributed by atoms with Crippen LogP contribution in [0.5, 0.6) is 5.75 Å². The molecule has 2 rings (SSSR count). The van der Waals surface area contributed by atoms with E-state index in [1.165, 1.54) is 6.07 Å². The first-order chi connectivity index (χ1) is 9.65. The van der Waals surface area contributed by atoms with Crippen LogP contribution in [-0.2, 0) is 17.2 Å². The molecule has 0 bridgehead atoms. The number of amides is 1. The Kier molecular flexibility index (Phi) is 5.06. The summed E-state index contributed by atoms with van der Waals surface area (Å²) in [5.74, 6) is 0.412. The smallest absolute Gasteiger partial charge is 0.260 e. The second-order valence-electron chi connectivity index (χ2n) is 4.79. The van der Waals surface area contributed by atoms with Gasteiger partial charge < -0.3 is 14.2 Å². The van der Waals surface area contributed by atoms with Gasteiger partial charge in [-0.15, -0.1) is 11.6 Å². The molecule has 0 saturated carbocycles. The van der Waals surface area contributed by atoms with Crippen LogP contribution < -0.4 is 10.2 Å². The van der Waals surface area contributed by atoms with Crippen molar-refractivity contribution in [3.63, 3.8) is 0 Å². The fourth-order valence-electron chi connectivity index (χ4n) is 2.31. The Hall–Kier alpha value is -1.49. The molecule has 0 atom stereocenters. The van der Waals surface area contributed by atoms with Crippen molar-refractivity contribution in [3.8, 4) is 5.75 Å². The molecule has 6 heteroatoms. The molecule has 1 aromatic rings. The number of halogens is 1. The summed E-state index contributed by atoms with van der Waals surface area (Å²) in [6, 6.07) is 1.46. The number of alkyl halides is 1. The molecular weight excluding hydrogens is 280 g/mol. The Bertz CT molecular complexity index is 536. The third-order valence-electron chi connectivity index (χ3n) is 3.47. The van der Waals surface area contributed by atoms with Crippen molar-refractivity contribution in [1.82, 2.24) is 9.47 Å². The zero-order valence-electron chi connectivity index (χ0n) is 11.6. The molecule has 1 fully saturated rings. The van der Waals surface area contributed by atoms with E-state index in [-0.39, 0.29) is 29.6 Å². The Morgan fingerprint density at radius 1 is 1.40 bits per heavy atom. The van der Waals surface area contributed by atoms with Gasteiger partial charge in [-0.25, -0.2) is 0 Å². The lowest BCUT2D eigenvalue weighted by Gasteiger charge is -2.16. The lowest BCUT2D eigenvalue weighted by Crippen LogP contribution is -2.33. The van der Waals surface area contributed by atoms with Gasteiger partial charge in [0.25, 0.3) is 5.91 Å². The number of ether oxygens (including phenoxy) is 1. The Balaban J connectivity index is 2.05. The molecule has 1 aromatic heterocycles. The van der Waals surface area contributed by atoms with Gasteiger partial charge >= 0.3 is 0 Å². The summed E-state index contributed by atoms with van der Waals surface area (Å²) in [6.45, 7) is 4.14. The van der Waals surface area contributed by atoms with E-state index in [1.807, 2.05) is 11.5 Å². The minimum absolute atomic E-state index is 0.0635. The molecule has 20 heavy (non-hydrogen) atoms. The van der Waals surface area contributed by atoms with E-state index in [0.29, 0.717) is 6.54 Å². The number of aryl methyl sites for hydroxylation is 1. The van der Waals surface area contributed by atoms with Crippen LogP contribution in [-0.4, -0.2) is 35.1 Å². The normalized spacial score (nSPS) is 14.6. The molecule has 0 aliphatic carbocycles. The van der Waals surface area contributed by atoms with Crippen LogP contribution in [0.25, 0.3) is 0 Å². The zero-order chi connectivity index (χ0) is 14.5. The standard InChI is InChI=1S/C14H19ClN2O3/c1-2-16-9-13(12(18)7-11(16)8-15)20-10-14(19)17-5-3-4-6-17/h7,9H,2-6,8,10H2,1H3. The molecule has 1 amide bonds. The van der Waals surface area contributed by atoms with E-state index in [4.69, 9.17) is 16.3 Å². The van der Waals surface area contributed by atoms with E-state index in [2.05, 4.69) is 0 Å². The Morgan fingerprint density at radius 2 is 2.10 bits per heavy atom. The molecule has 0 N–H and O–H groups in total. The quantitative estimate of drug-likeness (QED) is 0.776. The molecule has 0 aromatic carbocycles. The lowest BCUT2D eigenvalue weighted by atomic mass is 10.3. The molecule has 0 radical (unpaired) electrons. The maximum absolute atomic E-state index is 11.9. The maximum atomic E-state index is 11.9. The van der Waals surface area contributed by atoms with Crippen molar-refractivity contribution in [2.75, 3.05) is 19.7 Å². The van der Waals surface area contributed by atoms with E-state index in [1.54, 1.807) is 11.1 Å². The third-order valence-corrected chi connectivity index (χ3v) is 3.74. The van der Waals surface area contributed by atoms with Crippen molar-refractivity contribution < 1.29 is 9.53 Å². The average Bonchev–Trinajstić information content (AvgIpc) is 2.99. The van der Waals surface area contributed by atoms with E-state index >= 15 is 0 Å². The number of hydrogen-bond donors (Lipinski definition) is 0. The summed E-state index contributed by atoms with van der Waals surface area (Å²) >= 11 is 5.79. The first-order valence-electron chi connectivity index (χ1n) is 6.85. The molecule has 0 unspecified atom stereocenters. The number of rotatable bonds is 5. The number of carbonyl (C=O) groups is 1. The minimum Gasteiger partial charge on any atom is -0.478 e. The van der Waals surface area contributed by atoms with E-state index in [9.17, 15) is 9.59 Å². The molecule has 110 valence electrons. The number of pyridine rings is 1. The summed E-state index contributed by atoms with van der Waals surface area (Å²) in [5.41, 5.74) is 0.511.